The highest BCUT2D eigenvalue weighted by Gasteiger charge is 2.08. The Hall–Kier alpha value is -1.20. The van der Waals surface area contributed by atoms with Crippen LogP contribution in [0.25, 0.3) is 5.13 Å². The van der Waals surface area contributed by atoms with E-state index < -0.39 is 0 Å². The largest absolute Gasteiger partial charge is 0.316 e. The first kappa shape index (κ1) is 9.36. The summed E-state index contributed by atoms with van der Waals surface area (Å²) in [7, 11) is 1.93. The highest BCUT2D eigenvalue weighted by molar-refractivity contribution is 7.12. The molecule has 0 fully saturated rings. The van der Waals surface area contributed by atoms with Gasteiger partial charge in [0, 0.05) is 29.4 Å². The SMILES string of the molecule is CNCc1cnn(-c2nccs2)c1C. The molecule has 0 aromatic carbocycles. The molecule has 0 aliphatic heterocycles. The van der Waals surface area contributed by atoms with Crippen molar-refractivity contribution < 1.29 is 0 Å². The van der Waals surface area contributed by atoms with Crippen LogP contribution in [0.2, 0.25) is 0 Å². The van der Waals surface area contributed by atoms with Gasteiger partial charge in [-0.2, -0.15) is 5.10 Å². The second-order valence-corrected chi connectivity index (χ2v) is 3.89. The number of nitrogens with one attached hydrogen (secondary N) is 1. The molecule has 2 aromatic rings. The lowest BCUT2D eigenvalue weighted by atomic mass is 10.3. The summed E-state index contributed by atoms with van der Waals surface area (Å²) in [5, 5.41) is 10.3. The van der Waals surface area contributed by atoms with Crippen molar-refractivity contribution in [1.29, 1.82) is 0 Å². The first-order valence-corrected chi connectivity index (χ1v) is 5.29. The summed E-state index contributed by atoms with van der Waals surface area (Å²) < 4.78 is 1.87. The van der Waals surface area contributed by atoms with Crippen LogP contribution in [0.1, 0.15) is 11.3 Å². The molecule has 4 nitrogen and oxygen atoms in total. The summed E-state index contributed by atoms with van der Waals surface area (Å²) in [5.74, 6) is 0. The Kier molecular flexibility index (Phi) is 2.60. The Labute approximate surface area is 86.6 Å². The van der Waals surface area contributed by atoms with Crippen molar-refractivity contribution in [3.8, 4) is 5.13 Å². The second kappa shape index (κ2) is 3.89. The normalized spacial score (nSPS) is 10.7. The number of aromatic nitrogens is 3. The molecule has 5 heteroatoms. The van der Waals surface area contributed by atoms with E-state index in [1.807, 2.05) is 23.3 Å². The first-order chi connectivity index (χ1) is 6.83. The lowest BCUT2D eigenvalue weighted by Gasteiger charge is -2.00. The van der Waals surface area contributed by atoms with E-state index >= 15 is 0 Å². The zero-order valence-electron chi connectivity index (χ0n) is 8.19. The third kappa shape index (κ3) is 1.56. The van der Waals surface area contributed by atoms with E-state index in [1.165, 1.54) is 5.56 Å². The number of hydrogen-bond acceptors (Lipinski definition) is 4. The van der Waals surface area contributed by atoms with Crippen LogP contribution in [0.15, 0.2) is 17.8 Å². The van der Waals surface area contributed by atoms with Crippen molar-refractivity contribution in [3.05, 3.63) is 29.0 Å². The summed E-state index contributed by atoms with van der Waals surface area (Å²) in [6.45, 7) is 2.90. The highest BCUT2D eigenvalue weighted by atomic mass is 32.1. The summed E-state index contributed by atoms with van der Waals surface area (Å²) >= 11 is 1.59. The summed E-state index contributed by atoms with van der Waals surface area (Å²) in [5.41, 5.74) is 2.36. The highest BCUT2D eigenvalue weighted by Crippen LogP contribution is 2.15. The van der Waals surface area contributed by atoms with E-state index in [1.54, 1.807) is 17.5 Å². The summed E-state index contributed by atoms with van der Waals surface area (Å²) in [4.78, 5) is 4.22. The van der Waals surface area contributed by atoms with Crippen LogP contribution < -0.4 is 5.32 Å². The van der Waals surface area contributed by atoms with Gasteiger partial charge in [-0.05, 0) is 14.0 Å². The topological polar surface area (TPSA) is 42.7 Å². The molecule has 0 radical (unpaired) electrons. The predicted molar refractivity (Wildman–Crippen MR) is 56.7 cm³/mol. The Balaban J connectivity index is 2.36. The number of nitrogens with zero attached hydrogens (tertiary/aromatic N) is 3. The van der Waals surface area contributed by atoms with E-state index in [9.17, 15) is 0 Å². The van der Waals surface area contributed by atoms with E-state index in [4.69, 9.17) is 0 Å². The molecule has 0 atom stereocenters. The standard InChI is InChI=1S/C9H12N4S/c1-7-8(5-10-2)6-12-13(7)9-11-3-4-14-9/h3-4,6,10H,5H2,1-2H3. The number of thiazole rings is 1. The van der Waals surface area contributed by atoms with Gasteiger partial charge in [-0.1, -0.05) is 0 Å². The minimum atomic E-state index is 0.844. The molecule has 0 spiro atoms. The quantitative estimate of drug-likeness (QED) is 0.828. The monoisotopic (exact) mass is 208 g/mol. The van der Waals surface area contributed by atoms with Gasteiger partial charge < -0.3 is 5.32 Å². The van der Waals surface area contributed by atoms with Gasteiger partial charge in [0.15, 0.2) is 0 Å². The molecule has 0 amide bonds. The van der Waals surface area contributed by atoms with Crippen molar-refractivity contribution >= 4 is 11.3 Å². The molecule has 2 aromatic heterocycles. The van der Waals surface area contributed by atoms with Gasteiger partial charge in [-0.3, -0.25) is 0 Å². The molecule has 74 valence electrons. The first-order valence-electron chi connectivity index (χ1n) is 4.41. The van der Waals surface area contributed by atoms with Crippen LogP contribution in [-0.4, -0.2) is 21.8 Å². The molecule has 1 N–H and O–H groups in total. The van der Waals surface area contributed by atoms with Crippen molar-refractivity contribution in [2.45, 2.75) is 13.5 Å². The minimum absolute atomic E-state index is 0.844. The van der Waals surface area contributed by atoms with E-state index in [-0.39, 0.29) is 0 Å². The Morgan fingerprint density at radius 2 is 2.43 bits per heavy atom. The smallest absolute Gasteiger partial charge is 0.210 e. The fourth-order valence-electron chi connectivity index (χ4n) is 1.32. The molecule has 0 saturated carbocycles. The van der Waals surface area contributed by atoms with Crippen molar-refractivity contribution in [2.24, 2.45) is 0 Å². The van der Waals surface area contributed by atoms with Gasteiger partial charge in [0.1, 0.15) is 0 Å². The molecule has 2 heterocycles. The fourth-order valence-corrected chi connectivity index (χ4v) is 1.97. The van der Waals surface area contributed by atoms with Crippen LogP contribution in [0.3, 0.4) is 0 Å². The van der Waals surface area contributed by atoms with E-state index in [2.05, 4.69) is 22.3 Å². The molecule has 0 saturated heterocycles. The van der Waals surface area contributed by atoms with Crippen LogP contribution in [0, 0.1) is 6.92 Å². The summed E-state index contributed by atoms with van der Waals surface area (Å²) in [6.07, 6.45) is 3.67. The average molecular weight is 208 g/mol. The minimum Gasteiger partial charge on any atom is -0.316 e. The third-order valence-electron chi connectivity index (χ3n) is 2.08. The molecule has 0 unspecified atom stereocenters. The van der Waals surface area contributed by atoms with Crippen LogP contribution in [0.4, 0.5) is 0 Å². The predicted octanol–water partition coefficient (Wildman–Crippen LogP) is 1.36. The van der Waals surface area contributed by atoms with Gasteiger partial charge in [-0.25, -0.2) is 9.67 Å². The maximum absolute atomic E-state index is 4.30. The molecule has 14 heavy (non-hydrogen) atoms. The molecule has 0 aliphatic carbocycles. The molecular formula is C9H12N4S. The Morgan fingerprint density at radius 3 is 3.07 bits per heavy atom. The van der Waals surface area contributed by atoms with Crippen molar-refractivity contribution in [2.75, 3.05) is 7.05 Å². The van der Waals surface area contributed by atoms with E-state index in [0.29, 0.717) is 0 Å². The zero-order chi connectivity index (χ0) is 9.97. The van der Waals surface area contributed by atoms with E-state index in [0.717, 1.165) is 17.4 Å². The van der Waals surface area contributed by atoms with Crippen LogP contribution in [-0.2, 0) is 6.54 Å². The molecule has 0 aliphatic rings. The third-order valence-corrected chi connectivity index (χ3v) is 2.83. The lowest BCUT2D eigenvalue weighted by Crippen LogP contribution is -2.06. The van der Waals surface area contributed by atoms with Gasteiger partial charge in [0.2, 0.25) is 5.13 Å². The lowest BCUT2D eigenvalue weighted by molar-refractivity contribution is 0.799. The Bertz CT molecular complexity index is 404. The average Bonchev–Trinajstić information content (AvgIpc) is 2.77. The van der Waals surface area contributed by atoms with Gasteiger partial charge >= 0.3 is 0 Å². The number of hydrogen-bond donors (Lipinski definition) is 1. The van der Waals surface area contributed by atoms with Crippen LogP contribution in [0.5, 0.6) is 0 Å². The fraction of sp³-hybridized carbons (Fsp3) is 0.333. The number of rotatable bonds is 3. The van der Waals surface area contributed by atoms with Gasteiger partial charge in [-0.15, -0.1) is 11.3 Å². The van der Waals surface area contributed by atoms with Crippen molar-refractivity contribution in [3.63, 3.8) is 0 Å². The van der Waals surface area contributed by atoms with Crippen LogP contribution >= 0.6 is 11.3 Å². The summed E-state index contributed by atoms with van der Waals surface area (Å²) in [6, 6.07) is 0. The second-order valence-electron chi connectivity index (χ2n) is 3.01. The molecule has 0 bridgehead atoms. The molecule has 2 rings (SSSR count). The van der Waals surface area contributed by atoms with Gasteiger partial charge in [0.05, 0.1) is 6.20 Å². The maximum Gasteiger partial charge on any atom is 0.210 e. The Morgan fingerprint density at radius 1 is 1.57 bits per heavy atom. The van der Waals surface area contributed by atoms with Crippen molar-refractivity contribution in [1.82, 2.24) is 20.1 Å². The van der Waals surface area contributed by atoms with Gasteiger partial charge in [0.25, 0.3) is 0 Å². The maximum atomic E-state index is 4.30. The molecular weight excluding hydrogens is 196 g/mol. The zero-order valence-corrected chi connectivity index (χ0v) is 9.01.